The van der Waals surface area contributed by atoms with Crippen molar-refractivity contribution in [2.75, 3.05) is 0 Å². The Bertz CT molecular complexity index is 553. The molecule has 0 saturated heterocycles. The maximum atomic E-state index is 9.81. The van der Waals surface area contributed by atoms with Crippen molar-refractivity contribution < 1.29 is 5.11 Å². The molecule has 1 N–H and O–H groups in total. The second-order valence-corrected chi connectivity index (χ2v) is 4.74. The van der Waals surface area contributed by atoms with E-state index < -0.39 is 0 Å². The summed E-state index contributed by atoms with van der Waals surface area (Å²) in [6.07, 6.45) is 0. The summed E-state index contributed by atoms with van der Waals surface area (Å²) in [5, 5.41) is 10.5. The minimum Gasteiger partial charge on any atom is -0.508 e. The van der Waals surface area contributed by atoms with Gasteiger partial charge in [0, 0.05) is 16.1 Å². The van der Waals surface area contributed by atoms with Crippen LogP contribution in [0.2, 0.25) is 5.02 Å². The molecule has 0 bridgehead atoms. The third-order valence-corrected chi connectivity index (χ3v) is 3.43. The summed E-state index contributed by atoms with van der Waals surface area (Å²) < 4.78 is 0. The second kappa shape index (κ2) is 4.42. The van der Waals surface area contributed by atoms with E-state index in [1.165, 1.54) is 11.1 Å². The monoisotopic (exact) mass is 246 g/mol. The Morgan fingerprint density at radius 3 is 2.06 bits per heavy atom. The summed E-state index contributed by atoms with van der Waals surface area (Å²) in [6, 6.07) is 9.52. The van der Waals surface area contributed by atoms with E-state index in [9.17, 15) is 5.11 Å². The zero-order valence-electron chi connectivity index (χ0n) is 10.2. The van der Waals surface area contributed by atoms with Crippen LogP contribution < -0.4 is 0 Å². The van der Waals surface area contributed by atoms with Crippen LogP contribution in [0.15, 0.2) is 30.3 Å². The molecular formula is C15H15ClO. The largest absolute Gasteiger partial charge is 0.508 e. The van der Waals surface area contributed by atoms with Gasteiger partial charge in [-0.1, -0.05) is 29.8 Å². The maximum Gasteiger partial charge on any atom is 0.119 e. The van der Waals surface area contributed by atoms with Crippen molar-refractivity contribution >= 4 is 11.6 Å². The average molecular weight is 247 g/mol. The molecule has 17 heavy (non-hydrogen) atoms. The fraction of sp³-hybridized carbons (Fsp3) is 0.200. The number of hydrogen-bond acceptors (Lipinski definition) is 1. The van der Waals surface area contributed by atoms with Gasteiger partial charge in [-0.3, -0.25) is 0 Å². The Labute approximate surface area is 107 Å². The number of hydrogen-bond donors (Lipinski definition) is 1. The maximum absolute atomic E-state index is 9.81. The van der Waals surface area contributed by atoms with Crippen LogP contribution in [0.4, 0.5) is 0 Å². The molecule has 2 heteroatoms. The van der Waals surface area contributed by atoms with Crippen LogP contribution in [0, 0.1) is 20.8 Å². The lowest BCUT2D eigenvalue weighted by Gasteiger charge is -2.15. The fourth-order valence-electron chi connectivity index (χ4n) is 2.18. The zero-order chi connectivity index (χ0) is 12.6. The Morgan fingerprint density at radius 1 is 0.882 bits per heavy atom. The highest BCUT2D eigenvalue weighted by molar-refractivity contribution is 6.33. The first-order chi connectivity index (χ1) is 8.02. The van der Waals surface area contributed by atoms with Crippen LogP contribution in [-0.4, -0.2) is 5.11 Å². The SMILES string of the molecule is Cc1cccc(C)c1-c1c(Cl)ccc(O)c1C. The molecule has 0 aliphatic heterocycles. The van der Waals surface area contributed by atoms with Gasteiger partial charge in [-0.2, -0.15) is 0 Å². The standard InChI is InChI=1S/C15H15ClO/c1-9-5-4-6-10(2)14(9)15-11(3)13(17)8-7-12(15)16/h4-8,17H,1-3H3. The molecule has 1 nitrogen and oxygen atoms in total. The predicted molar refractivity (Wildman–Crippen MR) is 72.8 cm³/mol. The molecule has 2 aromatic rings. The quantitative estimate of drug-likeness (QED) is 0.777. The molecule has 0 aliphatic carbocycles. The normalized spacial score (nSPS) is 10.6. The van der Waals surface area contributed by atoms with Gasteiger partial charge < -0.3 is 5.11 Å². The number of phenolic OH excluding ortho intramolecular Hbond substituents is 1. The minimum atomic E-state index is 0.284. The Morgan fingerprint density at radius 2 is 1.47 bits per heavy atom. The van der Waals surface area contributed by atoms with Crippen molar-refractivity contribution in [3.8, 4) is 16.9 Å². The Hall–Kier alpha value is -1.47. The molecule has 88 valence electrons. The van der Waals surface area contributed by atoms with Gasteiger partial charge in [0.25, 0.3) is 0 Å². The van der Waals surface area contributed by atoms with Crippen molar-refractivity contribution in [3.63, 3.8) is 0 Å². The molecule has 2 rings (SSSR count). The third-order valence-electron chi connectivity index (χ3n) is 3.12. The van der Waals surface area contributed by atoms with Gasteiger partial charge in [-0.15, -0.1) is 0 Å². The number of phenols is 1. The van der Waals surface area contributed by atoms with Crippen molar-refractivity contribution in [2.24, 2.45) is 0 Å². The van der Waals surface area contributed by atoms with Crippen LogP contribution in [0.1, 0.15) is 16.7 Å². The van der Waals surface area contributed by atoms with Gasteiger partial charge in [0.1, 0.15) is 5.75 Å². The molecular weight excluding hydrogens is 232 g/mol. The summed E-state index contributed by atoms with van der Waals surface area (Å²) in [5.41, 5.74) is 5.21. The van der Waals surface area contributed by atoms with Gasteiger partial charge >= 0.3 is 0 Å². The first-order valence-electron chi connectivity index (χ1n) is 5.57. The van der Waals surface area contributed by atoms with E-state index in [1.54, 1.807) is 12.1 Å². The molecule has 0 fully saturated rings. The summed E-state index contributed by atoms with van der Waals surface area (Å²) in [7, 11) is 0. The topological polar surface area (TPSA) is 20.2 Å². The summed E-state index contributed by atoms with van der Waals surface area (Å²) in [4.78, 5) is 0. The number of rotatable bonds is 1. The molecule has 0 unspecified atom stereocenters. The van der Waals surface area contributed by atoms with E-state index in [0.29, 0.717) is 5.02 Å². The Kier molecular flexibility index (Phi) is 3.12. The highest BCUT2D eigenvalue weighted by atomic mass is 35.5. The summed E-state index contributed by atoms with van der Waals surface area (Å²) in [5.74, 6) is 0.284. The van der Waals surface area contributed by atoms with Gasteiger partial charge in [0.15, 0.2) is 0 Å². The molecule has 0 atom stereocenters. The molecule has 0 aromatic heterocycles. The molecule has 0 amide bonds. The number of halogens is 1. The number of aryl methyl sites for hydroxylation is 2. The summed E-state index contributed by atoms with van der Waals surface area (Å²) >= 11 is 6.27. The van der Waals surface area contributed by atoms with E-state index in [-0.39, 0.29) is 5.75 Å². The third kappa shape index (κ3) is 2.03. The molecule has 0 saturated carbocycles. The second-order valence-electron chi connectivity index (χ2n) is 4.33. The van der Waals surface area contributed by atoms with Crippen LogP contribution in [-0.2, 0) is 0 Å². The van der Waals surface area contributed by atoms with Gasteiger partial charge in [0.05, 0.1) is 0 Å². The predicted octanol–water partition coefficient (Wildman–Crippen LogP) is 4.64. The highest BCUT2D eigenvalue weighted by Gasteiger charge is 2.14. The fourth-order valence-corrected chi connectivity index (χ4v) is 2.48. The molecule has 2 aromatic carbocycles. The van der Waals surface area contributed by atoms with Crippen LogP contribution in [0.25, 0.3) is 11.1 Å². The van der Waals surface area contributed by atoms with Crippen molar-refractivity contribution in [3.05, 3.63) is 52.0 Å². The van der Waals surface area contributed by atoms with E-state index >= 15 is 0 Å². The van der Waals surface area contributed by atoms with Crippen molar-refractivity contribution in [1.82, 2.24) is 0 Å². The number of aromatic hydroxyl groups is 1. The smallest absolute Gasteiger partial charge is 0.119 e. The van der Waals surface area contributed by atoms with Crippen molar-refractivity contribution in [1.29, 1.82) is 0 Å². The van der Waals surface area contributed by atoms with E-state index in [2.05, 4.69) is 26.0 Å². The molecule has 0 aliphatic rings. The number of benzene rings is 2. The lowest BCUT2D eigenvalue weighted by atomic mass is 9.92. The van der Waals surface area contributed by atoms with E-state index in [1.807, 2.05) is 13.0 Å². The first-order valence-corrected chi connectivity index (χ1v) is 5.95. The molecule has 0 radical (unpaired) electrons. The van der Waals surface area contributed by atoms with Gasteiger partial charge in [-0.25, -0.2) is 0 Å². The van der Waals surface area contributed by atoms with Crippen LogP contribution in [0.5, 0.6) is 5.75 Å². The average Bonchev–Trinajstić information content (AvgIpc) is 2.28. The molecule has 0 heterocycles. The van der Waals surface area contributed by atoms with Gasteiger partial charge in [0.2, 0.25) is 0 Å². The lowest BCUT2D eigenvalue weighted by Crippen LogP contribution is -1.92. The molecule has 0 spiro atoms. The summed E-state index contributed by atoms with van der Waals surface area (Å²) in [6.45, 7) is 6.01. The highest BCUT2D eigenvalue weighted by Crippen LogP contribution is 2.38. The van der Waals surface area contributed by atoms with Crippen LogP contribution in [0.3, 0.4) is 0 Å². The Balaban J connectivity index is 2.82. The first kappa shape index (κ1) is 12.0. The van der Waals surface area contributed by atoms with Crippen LogP contribution >= 0.6 is 11.6 Å². The van der Waals surface area contributed by atoms with E-state index in [0.717, 1.165) is 16.7 Å². The lowest BCUT2D eigenvalue weighted by molar-refractivity contribution is 0.471. The van der Waals surface area contributed by atoms with Crippen molar-refractivity contribution in [2.45, 2.75) is 20.8 Å². The minimum absolute atomic E-state index is 0.284. The van der Waals surface area contributed by atoms with E-state index in [4.69, 9.17) is 11.6 Å². The van der Waals surface area contributed by atoms with Gasteiger partial charge in [-0.05, 0) is 49.6 Å². The zero-order valence-corrected chi connectivity index (χ0v) is 11.0.